The van der Waals surface area contributed by atoms with Gasteiger partial charge in [0.25, 0.3) is 10.0 Å². The first-order valence-corrected chi connectivity index (χ1v) is 10.1. The molecule has 5 heteroatoms. The van der Waals surface area contributed by atoms with Crippen molar-refractivity contribution in [3.8, 4) is 11.3 Å². The number of sulfonamides is 1. The average Bonchev–Trinajstić information content (AvgIpc) is 2.68. The van der Waals surface area contributed by atoms with Gasteiger partial charge in [-0.2, -0.15) is 0 Å². The normalized spacial score (nSPS) is 14.1. The van der Waals surface area contributed by atoms with E-state index >= 15 is 0 Å². The highest BCUT2D eigenvalue weighted by molar-refractivity contribution is 7.92. The minimum absolute atomic E-state index is 0.322. The van der Waals surface area contributed by atoms with Crippen molar-refractivity contribution in [1.29, 1.82) is 0 Å². The summed E-state index contributed by atoms with van der Waals surface area (Å²) in [5, 5.41) is 0. The number of aromatic nitrogens is 1. The summed E-state index contributed by atoms with van der Waals surface area (Å²) >= 11 is 0. The van der Waals surface area contributed by atoms with Crippen LogP contribution in [-0.4, -0.2) is 19.9 Å². The topological polar surface area (TPSA) is 50.3 Å². The number of rotatable bonds is 3. The number of nitrogens with zero attached hydrogens (tertiary/aromatic N) is 2. The molecule has 0 saturated heterocycles. The Balaban J connectivity index is 1.75. The summed E-state index contributed by atoms with van der Waals surface area (Å²) in [6.07, 6.45) is 3.36. The van der Waals surface area contributed by atoms with Crippen LogP contribution in [-0.2, 0) is 16.4 Å². The van der Waals surface area contributed by atoms with Gasteiger partial charge in [0.2, 0.25) is 0 Å². The molecule has 0 bridgehead atoms. The molecule has 0 fully saturated rings. The second-order valence-electron chi connectivity index (χ2n) is 6.56. The van der Waals surface area contributed by atoms with Crippen molar-refractivity contribution < 1.29 is 8.42 Å². The van der Waals surface area contributed by atoms with E-state index in [0.717, 1.165) is 35.2 Å². The molecule has 1 aliphatic rings. The molecular formula is C21H20N2O2S. The van der Waals surface area contributed by atoms with Gasteiger partial charge in [0.1, 0.15) is 0 Å². The Bertz CT molecular complexity index is 1030. The molecule has 0 unspecified atom stereocenters. The maximum absolute atomic E-state index is 13.1. The number of pyridine rings is 1. The zero-order chi connectivity index (χ0) is 18.1. The predicted octanol–water partition coefficient (Wildman–Crippen LogP) is 4.20. The third-order valence-electron chi connectivity index (χ3n) is 4.72. The number of anilines is 1. The van der Waals surface area contributed by atoms with Gasteiger partial charge in [-0.1, -0.05) is 48.0 Å². The van der Waals surface area contributed by atoms with Crippen LogP contribution in [0.2, 0.25) is 0 Å². The van der Waals surface area contributed by atoms with E-state index in [1.54, 1.807) is 18.3 Å². The molecule has 0 amide bonds. The first kappa shape index (κ1) is 16.8. The van der Waals surface area contributed by atoms with Gasteiger partial charge < -0.3 is 0 Å². The minimum atomic E-state index is -3.58. The second kappa shape index (κ2) is 6.57. The fraction of sp³-hybridized carbons (Fsp3) is 0.190. The van der Waals surface area contributed by atoms with Gasteiger partial charge in [-0.15, -0.1) is 0 Å². The fourth-order valence-electron chi connectivity index (χ4n) is 3.30. The summed E-state index contributed by atoms with van der Waals surface area (Å²) in [6, 6.07) is 19.0. The van der Waals surface area contributed by atoms with Crippen molar-refractivity contribution in [2.24, 2.45) is 0 Å². The van der Waals surface area contributed by atoms with Crippen LogP contribution in [0.5, 0.6) is 0 Å². The second-order valence-corrected chi connectivity index (χ2v) is 8.42. The van der Waals surface area contributed by atoms with Crippen LogP contribution in [0, 0.1) is 6.92 Å². The zero-order valence-electron chi connectivity index (χ0n) is 14.6. The van der Waals surface area contributed by atoms with Crippen LogP contribution >= 0.6 is 0 Å². The van der Waals surface area contributed by atoms with Crippen LogP contribution < -0.4 is 4.31 Å². The largest absolute Gasteiger partial charge is 0.264 e. The lowest BCUT2D eigenvalue weighted by atomic mass is 10.0. The van der Waals surface area contributed by atoms with Gasteiger partial charge in [-0.25, -0.2) is 8.42 Å². The zero-order valence-corrected chi connectivity index (χ0v) is 15.4. The highest BCUT2D eigenvalue weighted by Gasteiger charge is 2.29. The van der Waals surface area contributed by atoms with E-state index in [-0.39, 0.29) is 0 Å². The van der Waals surface area contributed by atoms with E-state index in [2.05, 4.69) is 4.98 Å². The first-order valence-electron chi connectivity index (χ1n) is 8.69. The molecule has 3 aromatic rings. The fourth-order valence-corrected chi connectivity index (χ4v) is 4.83. The number of hydrogen-bond acceptors (Lipinski definition) is 3. The Hall–Kier alpha value is -2.66. The van der Waals surface area contributed by atoms with E-state index < -0.39 is 10.0 Å². The third kappa shape index (κ3) is 2.99. The smallest absolute Gasteiger partial charge is 0.264 e. The highest BCUT2D eigenvalue weighted by atomic mass is 32.2. The molecule has 4 nitrogen and oxygen atoms in total. The highest BCUT2D eigenvalue weighted by Crippen LogP contribution is 2.33. The van der Waals surface area contributed by atoms with Crippen LogP contribution in [0.15, 0.2) is 71.8 Å². The molecule has 0 spiro atoms. The van der Waals surface area contributed by atoms with Crippen molar-refractivity contribution in [2.75, 3.05) is 10.8 Å². The molecule has 0 radical (unpaired) electrons. The SMILES string of the molecule is Cc1ccc(S(=O)(=O)N2CCCc3cc(-c4ccccc4)ncc32)cc1. The van der Waals surface area contributed by atoms with E-state index in [9.17, 15) is 8.42 Å². The van der Waals surface area contributed by atoms with Gasteiger partial charge in [0, 0.05) is 12.1 Å². The third-order valence-corrected chi connectivity index (χ3v) is 6.55. The summed E-state index contributed by atoms with van der Waals surface area (Å²) < 4.78 is 27.7. The molecular weight excluding hydrogens is 344 g/mol. The average molecular weight is 364 g/mol. The molecule has 1 aromatic heterocycles. The Kier molecular flexibility index (Phi) is 4.24. The lowest BCUT2D eigenvalue weighted by Crippen LogP contribution is -2.35. The van der Waals surface area contributed by atoms with Crippen molar-refractivity contribution in [1.82, 2.24) is 4.98 Å². The summed E-state index contributed by atoms with van der Waals surface area (Å²) in [5.74, 6) is 0. The summed E-state index contributed by atoms with van der Waals surface area (Å²) in [6.45, 7) is 2.43. The number of fused-ring (bicyclic) bond motifs is 1. The van der Waals surface area contributed by atoms with Crippen LogP contribution in [0.4, 0.5) is 5.69 Å². The molecule has 0 atom stereocenters. The molecule has 132 valence electrons. The lowest BCUT2D eigenvalue weighted by molar-refractivity contribution is 0.586. The summed E-state index contributed by atoms with van der Waals surface area (Å²) in [5.41, 5.74) is 4.67. The Morgan fingerprint density at radius 2 is 1.73 bits per heavy atom. The molecule has 4 rings (SSSR count). The van der Waals surface area contributed by atoms with Gasteiger partial charge >= 0.3 is 0 Å². The molecule has 0 aliphatic carbocycles. The Morgan fingerprint density at radius 3 is 2.46 bits per heavy atom. The van der Waals surface area contributed by atoms with E-state index in [1.807, 2.05) is 55.5 Å². The lowest BCUT2D eigenvalue weighted by Gasteiger charge is -2.30. The van der Waals surface area contributed by atoms with Gasteiger partial charge in [-0.05, 0) is 43.5 Å². The van der Waals surface area contributed by atoms with E-state index in [1.165, 1.54) is 4.31 Å². The van der Waals surface area contributed by atoms with Crippen LogP contribution in [0.25, 0.3) is 11.3 Å². The van der Waals surface area contributed by atoms with Crippen molar-refractivity contribution >= 4 is 15.7 Å². The molecule has 0 N–H and O–H groups in total. The molecule has 0 saturated carbocycles. The molecule has 2 heterocycles. The minimum Gasteiger partial charge on any atom is -0.264 e. The van der Waals surface area contributed by atoms with Gasteiger partial charge in [0.15, 0.2) is 0 Å². The molecule has 2 aromatic carbocycles. The maximum Gasteiger partial charge on any atom is 0.264 e. The van der Waals surface area contributed by atoms with Crippen molar-refractivity contribution in [2.45, 2.75) is 24.7 Å². The predicted molar refractivity (Wildman–Crippen MR) is 104 cm³/mol. The molecule has 1 aliphatic heterocycles. The first-order chi connectivity index (χ1) is 12.6. The Morgan fingerprint density at radius 1 is 1.00 bits per heavy atom. The van der Waals surface area contributed by atoms with Crippen molar-refractivity contribution in [3.05, 3.63) is 78.0 Å². The van der Waals surface area contributed by atoms with Crippen molar-refractivity contribution in [3.63, 3.8) is 0 Å². The quantitative estimate of drug-likeness (QED) is 0.700. The maximum atomic E-state index is 13.1. The molecule has 26 heavy (non-hydrogen) atoms. The number of benzene rings is 2. The number of hydrogen-bond donors (Lipinski definition) is 0. The number of aryl methyl sites for hydroxylation is 2. The van der Waals surface area contributed by atoms with Gasteiger partial charge in [-0.3, -0.25) is 9.29 Å². The van der Waals surface area contributed by atoms with Gasteiger partial charge in [0.05, 0.1) is 22.5 Å². The monoisotopic (exact) mass is 364 g/mol. The Labute approximate surface area is 154 Å². The standard InChI is InChI=1S/C21H20N2O2S/c1-16-9-11-19(12-10-16)26(24,25)23-13-5-8-18-14-20(22-15-21(18)23)17-6-3-2-4-7-17/h2-4,6-7,9-12,14-15H,5,8,13H2,1H3. The summed E-state index contributed by atoms with van der Waals surface area (Å²) in [4.78, 5) is 4.85. The van der Waals surface area contributed by atoms with E-state index in [4.69, 9.17) is 0 Å². The van der Waals surface area contributed by atoms with Crippen LogP contribution in [0.1, 0.15) is 17.5 Å². The van der Waals surface area contributed by atoms with Crippen LogP contribution in [0.3, 0.4) is 0 Å². The summed E-state index contributed by atoms with van der Waals surface area (Å²) in [7, 11) is -3.58. The van der Waals surface area contributed by atoms with E-state index in [0.29, 0.717) is 17.1 Å².